The third-order valence-electron chi connectivity index (χ3n) is 7.02. The summed E-state index contributed by atoms with van der Waals surface area (Å²) in [5, 5.41) is 21.6. The van der Waals surface area contributed by atoms with Gasteiger partial charge in [0.05, 0.1) is 11.6 Å². The van der Waals surface area contributed by atoms with Gasteiger partial charge in [0.15, 0.2) is 0 Å². The highest BCUT2D eigenvalue weighted by molar-refractivity contribution is 6.00. The standard InChI is InChI=1S/C28H34N4O5/c1-16-14-20(15-18-8-4-3-5-9-18)30-27(36)23(31-26(35)21-10-6-7-11-22(21)33)17(2)29-28(37)24(19-12-13-19)32-25(16)34/h3-11,16-17,19-20,23-24,33H,12-15H2,1-2H3,(H,29,37)(H,30,36)(H,31,35)(H,32,34). The van der Waals surface area contributed by atoms with Crippen molar-refractivity contribution in [2.75, 3.05) is 0 Å². The van der Waals surface area contributed by atoms with Gasteiger partial charge in [-0.25, -0.2) is 0 Å². The van der Waals surface area contributed by atoms with Crippen LogP contribution in [0.5, 0.6) is 5.75 Å². The molecule has 5 atom stereocenters. The van der Waals surface area contributed by atoms with E-state index in [1.807, 2.05) is 30.3 Å². The van der Waals surface area contributed by atoms with E-state index in [1.165, 1.54) is 12.1 Å². The maximum atomic E-state index is 13.6. The van der Waals surface area contributed by atoms with Crippen LogP contribution in [0, 0.1) is 11.8 Å². The lowest BCUT2D eigenvalue weighted by Gasteiger charge is -2.31. The van der Waals surface area contributed by atoms with Gasteiger partial charge in [0.25, 0.3) is 5.91 Å². The van der Waals surface area contributed by atoms with Crippen molar-refractivity contribution in [2.24, 2.45) is 11.8 Å². The summed E-state index contributed by atoms with van der Waals surface area (Å²) >= 11 is 0. The van der Waals surface area contributed by atoms with Crippen molar-refractivity contribution in [3.8, 4) is 5.75 Å². The van der Waals surface area contributed by atoms with E-state index in [4.69, 9.17) is 0 Å². The Hall–Kier alpha value is -3.88. The molecule has 1 aliphatic heterocycles. The van der Waals surface area contributed by atoms with Gasteiger partial charge in [0.1, 0.15) is 17.8 Å². The number of amides is 4. The fourth-order valence-corrected chi connectivity index (χ4v) is 4.74. The van der Waals surface area contributed by atoms with Gasteiger partial charge in [-0.3, -0.25) is 19.2 Å². The summed E-state index contributed by atoms with van der Waals surface area (Å²) in [5.74, 6) is -2.33. The van der Waals surface area contributed by atoms with Crippen molar-refractivity contribution in [2.45, 2.75) is 63.7 Å². The first-order chi connectivity index (χ1) is 17.7. The van der Waals surface area contributed by atoms with E-state index in [0.29, 0.717) is 12.8 Å². The first-order valence-electron chi connectivity index (χ1n) is 12.8. The lowest BCUT2D eigenvalue weighted by atomic mass is 9.94. The molecule has 0 bridgehead atoms. The summed E-state index contributed by atoms with van der Waals surface area (Å²) in [6.45, 7) is 3.42. The van der Waals surface area contributed by atoms with Crippen LogP contribution >= 0.6 is 0 Å². The van der Waals surface area contributed by atoms with E-state index in [2.05, 4.69) is 21.3 Å². The molecule has 9 nitrogen and oxygen atoms in total. The zero-order chi connectivity index (χ0) is 26.5. The number of phenolic OH excluding ortho intramolecular Hbond substituents is 1. The van der Waals surface area contributed by atoms with Crippen LogP contribution in [-0.2, 0) is 20.8 Å². The highest BCUT2D eigenvalue weighted by atomic mass is 16.3. The second-order valence-electron chi connectivity index (χ2n) is 10.1. The molecule has 5 unspecified atom stereocenters. The number of nitrogens with one attached hydrogen (secondary N) is 4. The number of rotatable bonds is 5. The lowest BCUT2D eigenvalue weighted by molar-refractivity contribution is -0.133. The summed E-state index contributed by atoms with van der Waals surface area (Å²) in [6, 6.07) is 12.7. The van der Waals surface area contributed by atoms with Crippen molar-refractivity contribution in [1.29, 1.82) is 0 Å². The molecule has 4 amide bonds. The van der Waals surface area contributed by atoms with E-state index in [0.717, 1.165) is 18.4 Å². The molecular weight excluding hydrogens is 472 g/mol. The minimum Gasteiger partial charge on any atom is -0.507 e. The molecule has 2 fully saturated rings. The summed E-state index contributed by atoms with van der Waals surface area (Å²) in [7, 11) is 0. The Balaban J connectivity index is 1.62. The predicted octanol–water partition coefficient (Wildman–Crippen LogP) is 1.66. The number of phenols is 1. The molecule has 5 N–H and O–H groups in total. The molecule has 0 radical (unpaired) electrons. The number of benzene rings is 2. The van der Waals surface area contributed by atoms with Crippen LogP contribution in [0.2, 0.25) is 0 Å². The van der Waals surface area contributed by atoms with Crippen LogP contribution in [0.4, 0.5) is 0 Å². The van der Waals surface area contributed by atoms with Crippen LogP contribution in [0.25, 0.3) is 0 Å². The van der Waals surface area contributed by atoms with Gasteiger partial charge < -0.3 is 26.4 Å². The molecule has 1 saturated carbocycles. The third kappa shape index (κ3) is 6.67. The summed E-state index contributed by atoms with van der Waals surface area (Å²) in [4.78, 5) is 52.7. The van der Waals surface area contributed by atoms with Crippen molar-refractivity contribution in [3.63, 3.8) is 0 Å². The van der Waals surface area contributed by atoms with E-state index < -0.39 is 35.9 Å². The summed E-state index contributed by atoms with van der Waals surface area (Å²) in [5.41, 5.74) is 1.03. The summed E-state index contributed by atoms with van der Waals surface area (Å²) < 4.78 is 0. The lowest BCUT2D eigenvalue weighted by Crippen LogP contribution is -2.62. The van der Waals surface area contributed by atoms with Gasteiger partial charge in [0.2, 0.25) is 17.7 Å². The van der Waals surface area contributed by atoms with Crippen LogP contribution < -0.4 is 21.3 Å². The Kier molecular flexibility index (Phi) is 8.11. The maximum Gasteiger partial charge on any atom is 0.255 e. The van der Waals surface area contributed by atoms with Crippen LogP contribution in [-0.4, -0.2) is 52.9 Å². The largest absolute Gasteiger partial charge is 0.507 e. The molecule has 2 aromatic rings. The first-order valence-corrected chi connectivity index (χ1v) is 12.8. The van der Waals surface area contributed by atoms with Crippen LogP contribution in [0.15, 0.2) is 54.6 Å². The minimum atomic E-state index is -1.11. The van der Waals surface area contributed by atoms with Gasteiger partial charge in [-0.1, -0.05) is 49.4 Å². The van der Waals surface area contributed by atoms with Crippen molar-refractivity contribution < 1.29 is 24.3 Å². The molecule has 1 aliphatic carbocycles. The van der Waals surface area contributed by atoms with Crippen molar-refractivity contribution >= 4 is 23.6 Å². The zero-order valence-corrected chi connectivity index (χ0v) is 21.1. The normalized spacial score (nSPS) is 27.1. The Morgan fingerprint density at radius 1 is 0.892 bits per heavy atom. The first kappa shape index (κ1) is 26.2. The number of hydrogen-bond donors (Lipinski definition) is 5. The fourth-order valence-electron chi connectivity index (χ4n) is 4.74. The number of carbonyl (C=O) groups excluding carboxylic acids is 4. The fraction of sp³-hybridized carbons (Fsp3) is 0.429. The molecule has 4 rings (SSSR count). The molecule has 1 heterocycles. The topological polar surface area (TPSA) is 137 Å². The quantitative estimate of drug-likeness (QED) is 0.420. The van der Waals surface area contributed by atoms with E-state index in [-0.39, 0.29) is 35.1 Å². The molecular formula is C28H34N4O5. The predicted molar refractivity (Wildman–Crippen MR) is 137 cm³/mol. The third-order valence-corrected chi connectivity index (χ3v) is 7.02. The molecule has 0 aromatic heterocycles. The number of carbonyl (C=O) groups is 4. The SMILES string of the molecule is CC1CC(Cc2ccccc2)NC(=O)C(NC(=O)c2ccccc2O)C(C)NC(=O)C(C2CC2)NC1=O. The average molecular weight is 507 g/mol. The molecule has 0 spiro atoms. The van der Waals surface area contributed by atoms with Gasteiger partial charge in [-0.2, -0.15) is 0 Å². The second kappa shape index (κ2) is 11.5. The molecule has 37 heavy (non-hydrogen) atoms. The van der Waals surface area contributed by atoms with Crippen molar-refractivity contribution in [1.82, 2.24) is 21.3 Å². The highest BCUT2D eigenvalue weighted by Gasteiger charge is 2.40. The Bertz CT molecular complexity index is 1150. The van der Waals surface area contributed by atoms with Gasteiger partial charge in [-0.05, 0) is 56.2 Å². The smallest absolute Gasteiger partial charge is 0.255 e. The second-order valence-corrected chi connectivity index (χ2v) is 10.1. The number of para-hydroxylation sites is 1. The Morgan fingerprint density at radius 2 is 1.57 bits per heavy atom. The Labute approximate surface area is 216 Å². The van der Waals surface area contributed by atoms with E-state index in [9.17, 15) is 24.3 Å². The molecule has 1 saturated heterocycles. The van der Waals surface area contributed by atoms with Crippen molar-refractivity contribution in [3.05, 3.63) is 65.7 Å². The number of hydrogen-bond acceptors (Lipinski definition) is 5. The molecule has 2 aliphatic rings. The van der Waals surface area contributed by atoms with Gasteiger partial charge in [0, 0.05) is 12.0 Å². The van der Waals surface area contributed by atoms with Crippen LogP contribution in [0.1, 0.15) is 49.0 Å². The minimum absolute atomic E-state index is 0.0255. The molecule has 196 valence electrons. The monoisotopic (exact) mass is 506 g/mol. The molecule has 2 aromatic carbocycles. The van der Waals surface area contributed by atoms with Gasteiger partial charge in [-0.15, -0.1) is 0 Å². The highest BCUT2D eigenvalue weighted by Crippen LogP contribution is 2.33. The molecule has 9 heteroatoms. The Morgan fingerprint density at radius 3 is 2.24 bits per heavy atom. The maximum absolute atomic E-state index is 13.6. The number of aromatic hydroxyl groups is 1. The average Bonchev–Trinajstić information content (AvgIpc) is 3.70. The van der Waals surface area contributed by atoms with E-state index >= 15 is 0 Å². The summed E-state index contributed by atoms with van der Waals surface area (Å²) in [6.07, 6.45) is 2.54. The van der Waals surface area contributed by atoms with Crippen LogP contribution in [0.3, 0.4) is 0 Å². The van der Waals surface area contributed by atoms with E-state index in [1.54, 1.807) is 26.0 Å². The zero-order valence-electron chi connectivity index (χ0n) is 21.1. The van der Waals surface area contributed by atoms with Gasteiger partial charge >= 0.3 is 0 Å².